The van der Waals surface area contributed by atoms with Gasteiger partial charge in [0.15, 0.2) is 47.6 Å². The van der Waals surface area contributed by atoms with Gasteiger partial charge in [0, 0.05) is 67.1 Å². The maximum absolute atomic E-state index is 16.2. The molecule has 19 atom stereocenters. The highest BCUT2D eigenvalue weighted by Gasteiger charge is 2.52. The Morgan fingerprint density at radius 1 is 0.745 bits per heavy atom. The Bertz CT molecular complexity index is 4340. The van der Waals surface area contributed by atoms with Crippen LogP contribution in [-0.4, -0.2) is 208 Å². The number of ether oxygens (including phenoxy) is 7. The zero-order valence-corrected chi connectivity index (χ0v) is 61.4. The van der Waals surface area contributed by atoms with E-state index in [9.17, 15) is 84.9 Å². The molecule has 594 valence electrons. The third-order valence-electron chi connectivity index (χ3n) is 19.8. The summed E-state index contributed by atoms with van der Waals surface area (Å²) in [6.07, 6.45) is -21.7. The number of carboxylic acid groups (broad SMARTS) is 2. The third-order valence-corrected chi connectivity index (χ3v) is 20.4. The van der Waals surface area contributed by atoms with E-state index in [-0.39, 0.29) is 59.4 Å². The van der Waals surface area contributed by atoms with Crippen molar-refractivity contribution in [2.45, 2.75) is 189 Å². The van der Waals surface area contributed by atoms with Crippen LogP contribution in [0.15, 0.2) is 78.9 Å². The van der Waals surface area contributed by atoms with Crippen molar-refractivity contribution in [3.8, 4) is 57.1 Å². The maximum atomic E-state index is 16.2. The quantitative estimate of drug-likeness (QED) is 0.0498. The summed E-state index contributed by atoms with van der Waals surface area (Å²) in [6, 6.07) is 3.78. The maximum Gasteiger partial charge on any atom is 0.334 e. The average Bonchev–Trinajstić information content (AvgIpc) is 0.768. The number of phenols is 3. The number of ketones is 2. The second kappa shape index (κ2) is 34.9. The number of aromatic hydroxyl groups is 3. The van der Waals surface area contributed by atoms with Gasteiger partial charge in [-0.3, -0.25) is 33.6 Å². The lowest BCUT2D eigenvalue weighted by atomic mass is 9.84. The van der Waals surface area contributed by atoms with Crippen LogP contribution >= 0.6 is 23.2 Å². The van der Waals surface area contributed by atoms with Gasteiger partial charge in [0.05, 0.1) is 46.7 Å². The SMILES string of the molecule is CCCCOC(CNC1(C)CC(OC2C(Oc3c4cc5cc3Oc3ccc(cc3Cl)[C@@H](O)[C@@H]3NC(=O)C(CC(=O)C5NC(=O)C(CC(N)=O)CC(=O)[C@@H](NC(=O)[C@H](N)CC(C)C)C(O)c5ccc(c(Cl)c5)O4)c4ccc(O)c(c4)-c4c(O)cc(O)cc4C(C(=O)O)NC3=O)OC(CO)C(O)C2O)OC(C)C1O)C(=O)O. The van der Waals surface area contributed by atoms with E-state index in [1.807, 2.05) is 6.92 Å². The minimum Gasteiger partial charge on any atom is -0.508 e. The minimum atomic E-state index is -2.28. The number of hydrogen-bond donors (Lipinski definition) is 18. The van der Waals surface area contributed by atoms with Gasteiger partial charge < -0.3 is 127 Å². The fourth-order valence-electron chi connectivity index (χ4n) is 13.9. The molecule has 2 saturated heterocycles. The first-order valence-electron chi connectivity index (χ1n) is 35.3. The number of fused-ring (bicyclic) bond motifs is 15. The predicted octanol–water partition coefficient (Wildman–Crippen LogP) is 2.72. The van der Waals surface area contributed by atoms with E-state index in [1.165, 1.54) is 19.1 Å². The summed E-state index contributed by atoms with van der Waals surface area (Å²) in [5.41, 5.74) is 7.97. The van der Waals surface area contributed by atoms with Gasteiger partial charge in [-0.1, -0.05) is 68.6 Å². The molecular weight excluding hydrogens is 1490 g/mol. The molecule has 5 aromatic rings. The molecule has 36 heteroatoms. The Hall–Kier alpha value is -9.37. The number of benzene rings is 5. The lowest BCUT2D eigenvalue weighted by Crippen LogP contribution is -2.66. The predicted molar refractivity (Wildman–Crippen MR) is 383 cm³/mol. The molecule has 7 aliphatic rings. The van der Waals surface area contributed by atoms with Gasteiger partial charge in [-0.2, -0.15) is 0 Å². The number of carboxylic acids is 2. The Kier molecular flexibility index (Phi) is 26.4. The molecule has 0 aromatic heterocycles. The highest BCUT2D eigenvalue weighted by molar-refractivity contribution is 6.32. The second-order valence-corrected chi connectivity index (χ2v) is 29.2. The molecule has 110 heavy (non-hydrogen) atoms. The Morgan fingerprint density at radius 2 is 1.39 bits per heavy atom. The number of halogens is 2. The van der Waals surface area contributed by atoms with Crippen LogP contribution in [0.4, 0.5) is 0 Å². The van der Waals surface area contributed by atoms with Crippen LogP contribution in [-0.2, 0) is 62.1 Å². The molecule has 5 amide bonds. The summed E-state index contributed by atoms with van der Waals surface area (Å²) in [5, 5.41) is 138. The standard InChI is InChI=1S/C74H87Cl2N7O27/c1-6-7-14-104-51(71(100)101)27-79-74(5)26-54(105-30(4)66(74)95)109-65-63(94)62(93)52(28-84)108-73(65)110-64-49-20-34-21-50(64)107-48-13-10-33(18-41(48)76)61(92)59-70(99)81-57(72(102)103)39-23-36(85)24-44(87)55(39)38-16-31(8-11-43(38)86)37(68(97)83-59)25-46(89)56(34)80-67(96)35(22-53(78)90)19-45(88)58(82-69(98)42(77)15-29(2)3)60(91)32-9-12-47(106-49)40(75)17-32/h8-13,16-18,20-21,23-24,29-30,35,37,42,51-52,54,56-63,65-66,73,79,84-87,91-95H,6-7,14-15,19,22,25-28,77H2,1-5H3,(H2,78,90)(H,80,96)(H,81,99)(H,82,98)(H,83,97)(H,100,101)(H,102,103)/t30?,35?,37?,42-,51?,52?,54?,56?,57?,58-,59+,60?,61-,62?,63?,65?,66?,73?,74?/m1/s1. The highest BCUT2D eigenvalue weighted by Crippen LogP contribution is 2.50. The first-order valence-corrected chi connectivity index (χ1v) is 36.0. The summed E-state index contributed by atoms with van der Waals surface area (Å²) < 4.78 is 44.6. The Balaban J connectivity index is 1.21. The lowest BCUT2D eigenvalue weighted by molar-refractivity contribution is -0.334. The van der Waals surface area contributed by atoms with Crippen molar-refractivity contribution in [3.05, 3.63) is 117 Å². The molecule has 12 rings (SSSR count). The molecule has 34 nitrogen and oxygen atoms in total. The molecule has 15 unspecified atom stereocenters. The molecular formula is C74H87Cl2N7O27. The van der Waals surface area contributed by atoms with Gasteiger partial charge in [0.1, 0.15) is 77.4 Å². The van der Waals surface area contributed by atoms with Crippen LogP contribution in [0, 0.1) is 11.8 Å². The number of amides is 5. The van der Waals surface area contributed by atoms with E-state index in [4.69, 9.17) is 67.8 Å². The topological polar surface area (TPSA) is 553 Å². The van der Waals surface area contributed by atoms with Gasteiger partial charge in [-0.15, -0.1) is 0 Å². The second-order valence-electron chi connectivity index (χ2n) is 28.4. The van der Waals surface area contributed by atoms with Crippen molar-refractivity contribution < 1.29 is 132 Å². The average molecular weight is 1580 g/mol. The molecule has 20 N–H and O–H groups in total. The smallest absolute Gasteiger partial charge is 0.334 e. The van der Waals surface area contributed by atoms with E-state index in [2.05, 4.69) is 26.6 Å². The number of hydrogen-bond acceptors (Lipinski definition) is 27. The number of unbranched alkanes of at least 4 members (excludes halogenated alkanes) is 1. The molecule has 5 aromatic carbocycles. The van der Waals surface area contributed by atoms with Crippen LogP contribution < -0.4 is 52.3 Å². The number of primary amides is 1. The summed E-state index contributed by atoms with van der Waals surface area (Å²) >= 11 is 14.2. The van der Waals surface area contributed by atoms with Crippen molar-refractivity contribution in [1.82, 2.24) is 26.6 Å². The van der Waals surface area contributed by atoms with E-state index in [1.54, 1.807) is 20.8 Å². The number of Topliss-reactive ketones (excluding diaryl/α,β-unsaturated/α-hetero) is 2. The van der Waals surface area contributed by atoms with Gasteiger partial charge in [-0.25, -0.2) is 9.59 Å². The van der Waals surface area contributed by atoms with Crippen LogP contribution in [0.25, 0.3) is 11.1 Å². The largest absolute Gasteiger partial charge is 0.508 e. The van der Waals surface area contributed by atoms with Crippen molar-refractivity contribution in [2.24, 2.45) is 23.3 Å². The number of aliphatic carboxylic acids is 2. The van der Waals surface area contributed by atoms with E-state index >= 15 is 14.4 Å². The molecule has 7 aliphatic heterocycles. The van der Waals surface area contributed by atoms with Crippen molar-refractivity contribution in [3.63, 3.8) is 0 Å². The normalized spacial score (nSPS) is 28.4. The number of nitrogens with two attached hydrogens (primary N) is 2. The number of nitrogens with one attached hydrogen (secondary N) is 5. The molecule has 7 heterocycles. The Morgan fingerprint density at radius 3 is 1.99 bits per heavy atom. The first kappa shape index (κ1) is 83.1. The molecule has 0 saturated carbocycles. The number of aliphatic hydroxyl groups is 6. The van der Waals surface area contributed by atoms with Crippen LogP contribution in [0.2, 0.25) is 10.0 Å². The third kappa shape index (κ3) is 18.5. The first-order chi connectivity index (χ1) is 52.0. The summed E-state index contributed by atoms with van der Waals surface area (Å²) in [4.78, 5) is 130. The van der Waals surface area contributed by atoms with Crippen LogP contribution in [0.1, 0.15) is 138 Å². The van der Waals surface area contributed by atoms with E-state index in [0.29, 0.717) is 12.8 Å². The fourth-order valence-corrected chi connectivity index (χ4v) is 14.3. The van der Waals surface area contributed by atoms with Gasteiger partial charge in [0.2, 0.25) is 41.6 Å². The van der Waals surface area contributed by atoms with E-state index < -0.39 is 262 Å². The van der Waals surface area contributed by atoms with Gasteiger partial charge >= 0.3 is 11.9 Å². The number of phenolic OH excluding ortho intramolecular Hbond substituents is 3. The number of carbonyl (C=O) groups excluding carboxylic acids is 7. The monoisotopic (exact) mass is 1580 g/mol. The molecule has 0 radical (unpaired) electrons. The van der Waals surface area contributed by atoms with Crippen molar-refractivity contribution in [2.75, 3.05) is 19.8 Å². The lowest BCUT2D eigenvalue weighted by Gasteiger charge is -2.48. The number of carbonyl (C=O) groups is 9. The minimum absolute atomic E-state index is 0.0838. The van der Waals surface area contributed by atoms with Crippen molar-refractivity contribution in [1.29, 1.82) is 0 Å². The summed E-state index contributed by atoms with van der Waals surface area (Å²) in [7, 11) is 0. The Labute approximate surface area is 638 Å². The van der Waals surface area contributed by atoms with Crippen LogP contribution in [0.3, 0.4) is 0 Å². The number of rotatable bonds is 20. The zero-order chi connectivity index (χ0) is 80.2. The molecule has 0 spiro atoms. The van der Waals surface area contributed by atoms with Crippen LogP contribution in [0.5, 0.6) is 46.0 Å². The molecule has 11 bridgehead atoms. The number of aliphatic hydroxyl groups excluding tert-OH is 6. The van der Waals surface area contributed by atoms with E-state index in [0.717, 1.165) is 66.7 Å². The fraction of sp³-hybridized carbons (Fsp3) is 0.473. The highest BCUT2D eigenvalue weighted by atomic mass is 35.5. The van der Waals surface area contributed by atoms with Gasteiger partial charge in [-0.05, 0) is 109 Å². The summed E-state index contributed by atoms with van der Waals surface area (Å²) in [5.74, 6) is -20.7. The van der Waals surface area contributed by atoms with Gasteiger partial charge in [0.25, 0.3) is 0 Å². The van der Waals surface area contributed by atoms with Crippen molar-refractivity contribution >= 4 is 76.2 Å². The summed E-state index contributed by atoms with van der Waals surface area (Å²) in [6.45, 7) is 7.19. The molecule has 2 fully saturated rings. The zero-order valence-electron chi connectivity index (χ0n) is 59.9. The molecule has 0 aliphatic carbocycles.